The lowest BCUT2D eigenvalue weighted by Gasteiger charge is -2.18. The molecule has 2 aromatic rings. The van der Waals surface area contributed by atoms with Gasteiger partial charge in [-0.3, -0.25) is 9.69 Å². The van der Waals surface area contributed by atoms with Crippen LogP contribution in [0, 0.1) is 0 Å². The van der Waals surface area contributed by atoms with Gasteiger partial charge in [0.25, 0.3) is 5.91 Å². The highest BCUT2D eigenvalue weighted by Crippen LogP contribution is 2.39. The van der Waals surface area contributed by atoms with Gasteiger partial charge < -0.3 is 14.2 Å². The van der Waals surface area contributed by atoms with Crippen molar-refractivity contribution in [3.05, 3.63) is 40.8 Å². The molecule has 2 aromatic carbocycles. The van der Waals surface area contributed by atoms with E-state index >= 15 is 0 Å². The fourth-order valence-electron chi connectivity index (χ4n) is 3.63. The van der Waals surface area contributed by atoms with E-state index in [-0.39, 0.29) is 12.0 Å². The molecule has 0 aliphatic carbocycles. The summed E-state index contributed by atoms with van der Waals surface area (Å²) in [4.78, 5) is 15.2. The third kappa shape index (κ3) is 3.50. The fourth-order valence-corrected chi connectivity index (χ4v) is 4.90. The van der Waals surface area contributed by atoms with Gasteiger partial charge in [0.15, 0.2) is 0 Å². The van der Waals surface area contributed by atoms with Crippen molar-refractivity contribution in [1.29, 1.82) is 0 Å². The van der Waals surface area contributed by atoms with Gasteiger partial charge in [0, 0.05) is 17.4 Å². The van der Waals surface area contributed by atoms with E-state index in [2.05, 4.69) is 0 Å². The minimum absolute atomic E-state index is 0.0654. The molecule has 0 N–H and O–H groups in total. The van der Waals surface area contributed by atoms with E-state index in [1.165, 1.54) is 11.8 Å². The predicted molar refractivity (Wildman–Crippen MR) is 116 cm³/mol. The first-order valence-corrected chi connectivity index (χ1v) is 10.4. The maximum Gasteiger partial charge on any atom is 0.266 e. The van der Waals surface area contributed by atoms with Gasteiger partial charge in [-0.15, -0.1) is 0 Å². The van der Waals surface area contributed by atoms with Crippen molar-refractivity contribution in [2.24, 2.45) is 0 Å². The van der Waals surface area contributed by atoms with E-state index in [9.17, 15) is 4.79 Å². The lowest BCUT2D eigenvalue weighted by molar-refractivity contribution is -0.123. The van der Waals surface area contributed by atoms with Crippen molar-refractivity contribution in [1.82, 2.24) is 4.90 Å². The third-order valence-electron chi connectivity index (χ3n) is 5.00. The van der Waals surface area contributed by atoms with Crippen LogP contribution in [0.5, 0.6) is 11.5 Å². The Morgan fingerprint density at radius 1 is 1.25 bits per heavy atom. The van der Waals surface area contributed by atoms with E-state index in [1.807, 2.05) is 36.4 Å². The lowest BCUT2D eigenvalue weighted by atomic mass is 10.0. The summed E-state index contributed by atoms with van der Waals surface area (Å²) in [5, 5.41) is 1.85. The first-order chi connectivity index (χ1) is 13.6. The van der Waals surface area contributed by atoms with E-state index in [1.54, 1.807) is 19.1 Å². The van der Waals surface area contributed by atoms with Gasteiger partial charge >= 0.3 is 0 Å². The van der Waals surface area contributed by atoms with Crippen LogP contribution in [-0.2, 0) is 9.53 Å². The summed E-state index contributed by atoms with van der Waals surface area (Å²) in [6.45, 7) is 1.28. The smallest absolute Gasteiger partial charge is 0.266 e. The average molecular weight is 416 g/mol. The molecule has 0 radical (unpaired) electrons. The molecule has 2 aliphatic rings. The molecule has 0 bridgehead atoms. The second-order valence-corrected chi connectivity index (χ2v) is 8.34. The number of ether oxygens (including phenoxy) is 3. The van der Waals surface area contributed by atoms with Crippen molar-refractivity contribution >= 4 is 51.1 Å². The SMILES string of the molecule is COc1ccc(/C=C2\SC(=S)N(C[C@@H]3CCCO3)C2=O)c2c(OC)cccc12. The Morgan fingerprint density at radius 2 is 2.07 bits per heavy atom. The van der Waals surface area contributed by atoms with Crippen LogP contribution >= 0.6 is 24.0 Å². The van der Waals surface area contributed by atoms with Crippen LogP contribution in [0.1, 0.15) is 18.4 Å². The van der Waals surface area contributed by atoms with E-state index in [0.29, 0.717) is 15.8 Å². The molecular weight excluding hydrogens is 394 g/mol. The minimum Gasteiger partial charge on any atom is -0.496 e. The Hall–Kier alpha value is -2.09. The number of carbonyl (C=O) groups is 1. The van der Waals surface area contributed by atoms with Crippen molar-refractivity contribution in [2.45, 2.75) is 18.9 Å². The molecule has 0 unspecified atom stereocenters. The number of methoxy groups -OCH3 is 2. The van der Waals surface area contributed by atoms with Crippen molar-refractivity contribution in [2.75, 3.05) is 27.4 Å². The lowest BCUT2D eigenvalue weighted by Crippen LogP contribution is -2.35. The molecule has 0 saturated carbocycles. The fraction of sp³-hybridized carbons (Fsp3) is 0.333. The number of thiocarbonyl (C=S) groups is 1. The highest BCUT2D eigenvalue weighted by atomic mass is 32.2. The monoisotopic (exact) mass is 415 g/mol. The molecule has 5 nitrogen and oxygen atoms in total. The van der Waals surface area contributed by atoms with E-state index in [0.717, 1.165) is 47.3 Å². The summed E-state index contributed by atoms with van der Waals surface area (Å²) in [7, 11) is 3.28. The largest absolute Gasteiger partial charge is 0.496 e. The van der Waals surface area contributed by atoms with Crippen LogP contribution in [0.4, 0.5) is 0 Å². The van der Waals surface area contributed by atoms with Crippen LogP contribution in [-0.4, -0.2) is 48.6 Å². The predicted octanol–water partition coefficient (Wildman–Crippen LogP) is 4.24. The number of fused-ring (bicyclic) bond motifs is 1. The number of benzene rings is 2. The molecule has 2 aliphatic heterocycles. The summed E-state index contributed by atoms with van der Waals surface area (Å²) in [5.74, 6) is 1.43. The molecular formula is C21H21NO4S2. The highest BCUT2D eigenvalue weighted by Gasteiger charge is 2.34. The number of carbonyl (C=O) groups excluding carboxylic acids is 1. The molecule has 0 spiro atoms. The number of thioether (sulfide) groups is 1. The molecule has 28 heavy (non-hydrogen) atoms. The second-order valence-electron chi connectivity index (χ2n) is 6.67. The zero-order valence-corrected chi connectivity index (χ0v) is 17.4. The van der Waals surface area contributed by atoms with Gasteiger partial charge in [0.05, 0.1) is 31.8 Å². The third-order valence-corrected chi connectivity index (χ3v) is 6.38. The molecule has 7 heteroatoms. The number of amides is 1. The van der Waals surface area contributed by atoms with Crippen LogP contribution in [0.3, 0.4) is 0 Å². The molecule has 1 amide bonds. The zero-order valence-electron chi connectivity index (χ0n) is 15.8. The normalized spacial score (nSPS) is 21.1. The summed E-state index contributed by atoms with van der Waals surface area (Å²) >= 11 is 6.79. The highest BCUT2D eigenvalue weighted by molar-refractivity contribution is 8.26. The Balaban J connectivity index is 1.72. The Morgan fingerprint density at radius 3 is 2.79 bits per heavy atom. The topological polar surface area (TPSA) is 48.0 Å². The first kappa shape index (κ1) is 19.2. The summed E-state index contributed by atoms with van der Waals surface area (Å²) in [5.41, 5.74) is 0.894. The van der Waals surface area contributed by atoms with Crippen LogP contribution in [0.2, 0.25) is 0 Å². The Bertz CT molecular complexity index is 966. The first-order valence-electron chi connectivity index (χ1n) is 9.13. The maximum atomic E-state index is 13.0. The number of rotatable bonds is 5. The molecule has 2 saturated heterocycles. The van der Waals surface area contributed by atoms with Crippen LogP contribution in [0.25, 0.3) is 16.8 Å². The number of hydrogen-bond acceptors (Lipinski definition) is 6. The van der Waals surface area contributed by atoms with Gasteiger partial charge in [-0.05, 0) is 36.6 Å². The Labute approximate surface area is 173 Å². The van der Waals surface area contributed by atoms with Crippen molar-refractivity contribution in [3.63, 3.8) is 0 Å². The van der Waals surface area contributed by atoms with Gasteiger partial charge in [0.1, 0.15) is 15.8 Å². The van der Waals surface area contributed by atoms with Crippen LogP contribution < -0.4 is 9.47 Å². The molecule has 146 valence electrons. The molecule has 4 rings (SSSR count). The van der Waals surface area contributed by atoms with E-state index in [4.69, 9.17) is 26.4 Å². The van der Waals surface area contributed by atoms with E-state index < -0.39 is 0 Å². The average Bonchev–Trinajstić information content (AvgIpc) is 3.32. The Kier molecular flexibility index (Phi) is 5.57. The second kappa shape index (κ2) is 8.11. The zero-order chi connectivity index (χ0) is 19.7. The summed E-state index contributed by atoms with van der Waals surface area (Å²) < 4.78 is 17.3. The van der Waals surface area contributed by atoms with Gasteiger partial charge in [-0.1, -0.05) is 42.2 Å². The standard InChI is InChI=1S/C21H21NO4S2/c1-24-16-9-8-13(19-15(16)6-3-7-17(19)25-2)11-18-20(23)22(21(27)28-18)12-14-5-4-10-26-14/h3,6-9,11,14H,4-5,10,12H2,1-2H3/b18-11-/t14-/m0/s1. The maximum absolute atomic E-state index is 13.0. The van der Waals surface area contributed by atoms with Gasteiger partial charge in [0.2, 0.25) is 0 Å². The number of nitrogens with zero attached hydrogens (tertiary/aromatic N) is 1. The molecule has 0 aromatic heterocycles. The van der Waals surface area contributed by atoms with Gasteiger partial charge in [-0.25, -0.2) is 0 Å². The van der Waals surface area contributed by atoms with Crippen molar-refractivity contribution in [3.8, 4) is 11.5 Å². The molecule has 2 heterocycles. The van der Waals surface area contributed by atoms with Crippen molar-refractivity contribution < 1.29 is 19.0 Å². The summed E-state index contributed by atoms with van der Waals surface area (Å²) in [6, 6.07) is 9.66. The van der Waals surface area contributed by atoms with Gasteiger partial charge in [-0.2, -0.15) is 0 Å². The minimum atomic E-state index is -0.0654. The van der Waals surface area contributed by atoms with Crippen LogP contribution in [0.15, 0.2) is 35.2 Å². The summed E-state index contributed by atoms with van der Waals surface area (Å²) in [6.07, 6.45) is 3.96. The molecule has 2 fully saturated rings. The quantitative estimate of drug-likeness (QED) is 0.538. The molecule has 1 atom stereocenters. The number of hydrogen-bond donors (Lipinski definition) is 0.